The highest BCUT2D eigenvalue weighted by Gasteiger charge is 2.34. The number of benzene rings is 1. The first-order valence-electron chi connectivity index (χ1n) is 13.7. The van der Waals surface area contributed by atoms with E-state index in [-0.39, 0.29) is 6.61 Å². The van der Waals surface area contributed by atoms with Crippen LogP contribution < -0.4 is 15.0 Å². The molecule has 1 aliphatic rings. The van der Waals surface area contributed by atoms with Crippen LogP contribution in [-0.4, -0.2) is 83.5 Å². The standard InChI is InChI=1S/C29H30BrN9O4/c1-29(2,3)43-28(41)38-11-10-37(14-19(38)15-40)27-22(30)13-23-25(36-27)26(33-16-31-23)35-18-4-6-20(7-5-18)42-21-8-9-39-24(12-21)32-17-34-39/h4-9,12-13,16-17,19,40H,10-11,14-15H2,1-3H3,(H,31,33,35)/t19-/m0/s1. The first kappa shape index (κ1) is 28.6. The fourth-order valence-electron chi connectivity index (χ4n) is 4.77. The highest BCUT2D eigenvalue weighted by Crippen LogP contribution is 2.33. The molecule has 222 valence electrons. The maximum absolute atomic E-state index is 12.7. The van der Waals surface area contributed by atoms with Gasteiger partial charge in [-0.05, 0) is 73.1 Å². The number of anilines is 3. The molecule has 0 radical (unpaired) electrons. The van der Waals surface area contributed by atoms with E-state index >= 15 is 0 Å². The molecule has 0 spiro atoms. The number of amides is 1. The van der Waals surface area contributed by atoms with Crippen LogP contribution in [0, 0.1) is 0 Å². The number of carbonyl (C=O) groups is 1. The van der Waals surface area contributed by atoms with Gasteiger partial charge in [-0.3, -0.25) is 4.90 Å². The summed E-state index contributed by atoms with van der Waals surface area (Å²) in [6.07, 6.45) is 4.33. The van der Waals surface area contributed by atoms with Gasteiger partial charge in [-0.2, -0.15) is 5.10 Å². The second-order valence-electron chi connectivity index (χ2n) is 11.0. The number of ether oxygens (including phenoxy) is 2. The topological polar surface area (TPSA) is 143 Å². The van der Waals surface area contributed by atoms with Gasteiger partial charge in [0.05, 0.1) is 22.6 Å². The van der Waals surface area contributed by atoms with Gasteiger partial charge in [0, 0.05) is 37.6 Å². The number of nitrogens with one attached hydrogen (secondary N) is 1. The minimum absolute atomic E-state index is 0.203. The molecule has 6 rings (SSSR count). The Morgan fingerprint density at radius 3 is 2.65 bits per heavy atom. The van der Waals surface area contributed by atoms with Crippen molar-refractivity contribution in [3.05, 3.63) is 65.8 Å². The van der Waals surface area contributed by atoms with Crippen molar-refractivity contribution in [1.29, 1.82) is 0 Å². The van der Waals surface area contributed by atoms with Gasteiger partial charge in [0.25, 0.3) is 0 Å². The van der Waals surface area contributed by atoms with Crippen LogP contribution in [0.1, 0.15) is 20.8 Å². The lowest BCUT2D eigenvalue weighted by molar-refractivity contribution is 0.00698. The molecule has 1 saturated heterocycles. The Morgan fingerprint density at radius 2 is 1.88 bits per heavy atom. The van der Waals surface area contributed by atoms with E-state index in [1.807, 2.05) is 68.1 Å². The van der Waals surface area contributed by atoms with Gasteiger partial charge >= 0.3 is 6.09 Å². The van der Waals surface area contributed by atoms with Crippen molar-refractivity contribution in [3.8, 4) is 11.5 Å². The number of aliphatic hydroxyl groups excluding tert-OH is 1. The molecular formula is C29H30BrN9O4. The Kier molecular flexibility index (Phi) is 7.71. The van der Waals surface area contributed by atoms with Crippen molar-refractivity contribution < 1.29 is 19.4 Å². The molecule has 0 bridgehead atoms. The van der Waals surface area contributed by atoms with E-state index < -0.39 is 17.7 Å². The summed E-state index contributed by atoms with van der Waals surface area (Å²) in [5.74, 6) is 2.52. The Labute approximate surface area is 255 Å². The predicted octanol–water partition coefficient (Wildman–Crippen LogP) is 4.78. The van der Waals surface area contributed by atoms with Crippen molar-refractivity contribution in [2.24, 2.45) is 0 Å². The molecule has 43 heavy (non-hydrogen) atoms. The number of aliphatic hydroxyl groups is 1. The highest BCUT2D eigenvalue weighted by molar-refractivity contribution is 9.10. The molecule has 0 saturated carbocycles. The van der Waals surface area contributed by atoms with Crippen LogP contribution >= 0.6 is 15.9 Å². The van der Waals surface area contributed by atoms with Crippen molar-refractivity contribution in [3.63, 3.8) is 0 Å². The Balaban J connectivity index is 1.20. The van der Waals surface area contributed by atoms with E-state index in [2.05, 4.69) is 41.3 Å². The maximum Gasteiger partial charge on any atom is 0.410 e. The van der Waals surface area contributed by atoms with Crippen LogP contribution in [0.3, 0.4) is 0 Å². The van der Waals surface area contributed by atoms with Crippen LogP contribution in [0.5, 0.6) is 11.5 Å². The number of nitrogens with zero attached hydrogens (tertiary/aromatic N) is 8. The third-order valence-electron chi connectivity index (χ3n) is 6.77. The van der Waals surface area contributed by atoms with Crippen LogP contribution in [0.25, 0.3) is 16.7 Å². The van der Waals surface area contributed by atoms with Crippen LogP contribution in [0.15, 0.2) is 65.8 Å². The van der Waals surface area contributed by atoms with Gasteiger partial charge in [-0.25, -0.2) is 29.2 Å². The smallest absolute Gasteiger partial charge is 0.410 e. The molecule has 1 aliphatic heterocycles. The highest BCUT2D eigenvalue weighted by atomic mass is 79.9. The number of halogens is 1. The summed E-state index contributed by atoms with van der Waals surface area (Å²) < 4.78 is 13.9. The molecule has 1 aromatic carbocycles. The molecule has 0 aliphatic carbocycles. The zero-order valence-corrected chi connectivity index (χ0v) is 25.4. The van der Waals surface area contributed by atoms with E-state index in [9.17, 15) is 9.90 Å². The Bertz CT molecular complexity index is 1770. The largest absolute Gasteiger partial charge is 0.457 e. The lowest BCUT2D eigenvalue weighted by Gasteiger charge is -2.41. The molecule has 5 aromatic rings. The summed E-state index contributed by atoms with van der Waals surface area (Å²) in [7, 11) is 0. The second-order valence-corrected chi connectivity index (χ2v) is 11.9. The monoisotopic (exact) mass is 647 g/mol. The first-order valence-corrected chi connectivity index (χ1v) is 14.5. The minimum Gasteiger partial charge on any atom is -0.457 e. The van der Waals surface area contributed by atoms with E-state index in [4.69, 9.17) is 14.5 Å². The number of hydrogen-bond donors (Lipinski definition) is 2. The molecule has 2 N–H and O–H groups in total. The lowest BCUT2D eigenvalue weighted by Crippen LogP contribution is -2.57. The van der Waals surface area contributed by atoms with Crippen LogP contribution in [0.4, 0.5) is 22.1 Å². The molecule has 14 heteroatoms. The van der Waals surface area contributed by atoms with Gasteiger partial charge < -0.3 is 24.8 Å². The SMILES string of the molecule is CC(C)(C)OC(=O)N1CCN(c2nc3c(Nc4ccc(Oc5ccn6ncnc6c5)cc4)ncnc3cc2Br)C[C@H]1CO. The molecule has 1 fully saturated rings. The number of piperazine rings is 1. The van der Waals surface area contributed by atoms with E-state index in [1.54, 1.807) is 15.6 Å². The quantitative estimate of drug-likeness (QED) is 0.263. The molecule has 0 unspecified atom stereocenters. The van der Waals surface area contributed by atoms with Crippen LogP contribution in [-0.2, 0) is 4.74 Å². The molecule has 4 aromatic heterocycles. The van der Waals surface area contributed by atoms with Crippen molar-refractivity contribution >= 4 is 56.0 Å². The van der Waals surface area contributed by atoms with Gasteiger partial charge in [-0.1, -0.05) is 0 Å². The van der Waals surface area contributed by atoms with Gasteiger partial charge in [-0.15, -0.1) is 0 Å². The van der Waals surface area contributed by atoms with E-state index in [0.29, 0.717) is 59.4 Å². The fourth-order valence-corrected chi connectivity index (χ4v) is 5.33. The average molecular weight is 649 g/mol. The summed E-state index contributed by atoms with van der Waals surface area (Å²) in [4.78, 5) is 34.3. The lowest BCUT2D eigenvalue weighted by atomic mass is 10.1. The third-order valence-corrected chi connectivity index (χ3v) is 7.35. The molecular weight excluding hydrogens is 618 g/mol. The maximum atomic E-state index is 12.7. The summed E-state index contributed by atoms with van der Waals surface area (Å²) in [5.41, 5.74) is 2.10. The van der Waals surface area contributed by atoms with Crippen molar-refractivity contribution in [1.82, 2.24) is 34.4 Å². The van der Waals surface area contributed by atoms with Crippen LogP contribution in [0.2, 0.25) is 0 Å². The van der Waals surface area contributed by atoms with Gasteiger partial charge in [0.1, 0.15) is 41.1 Å². The van der Waals surface area contributed by atoms with E-state index in [1.165, 1.54) is 12.7 Å². The third kappa shape index (κ3) is 6.29. The zero-order valence-electron chi connectivity index (χ0n) is 23.8. The Morgan fingerprint density at radius 1 is 1.07 bits per heavy atom. The molecule has 1 amide bonds. The number of aromatic nitrogens is 6. The zero-order chi connectivity index (χ0) is 30.1. The van der Waals surface area contributed by atoms with E-state index in [0.717, 1.165) is 10.2 Å². The fraction of sp³-hybridized carbons (Fsp3) is 0.310. The normalized spacial score (nSPS) is 15.6. The number of carbonyl (C=O) groups excluding carboxylic acids is 1. The number of fused-ring (bicyclic) bond motifs is 2. The number of pyridine rings is 2. The summed E-state index contributed by atoms with van der Waals surface area (Å²) >= 11 is 3.64. The number of hydrogen-bond acceptors (Lipinski definition) is 11. The molecule has 1 atom stereocenters. The summed E-state index contributed by atoms with van der Waals surface area (Å²) in [6.45, 7) is 6.53. The first-order chi connectivity index (χ1) is 20.7. The minimum atomic E-state index is -0.624. The Hall–Kier alpha value is -4.56. The summed E-state index contributed by atoms with van der Waals surface area (Å²) in [5, 5.41) is 17.5. The van der Waals surface area contributed by atoms with Crippen molar-refractivity contribution in [2.75, 3.05) is 36.5 Å². The molecule has 13 nitrogen and oxygen atoms in total. The van der Waals surface area contributed by atoms with Gasteiger partial charge in [0.15, 0.2) is 11.5 Å². The summed E-state index contributed by atoms with van der Waals surface area (Å²) in [6, 6.07) is 12.6. The van der Waals surface area contributed by atoms with Crippen molar-refractivity contribution in [2.45, 2.75) is 32.4 Å². The number of rotatable bonds is 6. The second kappa shape index (κ2) is 11.6. The molecule has 5 heterocycles. The van der Waals surface area contributed by atoms with Gasteiger partial charge in [0.2, 0.25) is 0 Å². The predicted molar refractivity (Wildman–Crippen MR) is 164 cm³/mol. The average Bonchev–Trinajstić information content (AvgIpc) is 3.45.